The first-order valence-electron chi connectivity index (χ1n) is 6.29. The number of allylic oxidation sites excluding steroid dienone is 1. The van der Waals surface area contributed by atoms with Crippen molar-refractivity contribution >= 4 is 21.7 Å². The van der Waals surface area contributed by atoms with Crippen LogP contribution in [-0.2, 0) is 0 Å². The van der Waals surface area contributed by atoms with E-state index in [1.165, 1.54) is 43.2 Å². The Bertz CT molecular complexity index is 438. The summed E-state index contributed by atoms with van der Waals surface area (Å²) in [5.41, 5.74) is 2.68. The summed E-state index contributed by atoms with van der Waals surface area (Å²) in [4.78, 5) is 5.63. The van der Waals surface area contributed by atoms with Gasteiger partial charge in [0.2, 0.25) is 0 Å². The zero-order chi connectivity index (χ0) is 11.7. The van der Waals surface area contributed by atoms with E-state index in [0.29, 0.717) is 5.92 Å². The second-order valence-electron chi connectivity index (χ2n) is 4.78. The van der Waals surface area contributed by atoms with Gasteiger partial charge in [-0.3, -0.25) is 0 Å². The van der Waals surface area contributed by atoms with Gasteiger partial charge in [0.05, 0.1) is 22.3 Å². The van der Waals surface area contributed by atoms with Gasteiger partial charge in [0, 0.05) is 5.56 Å². The van der Waals surface area contributed by atoms with Gasteiger partial charge < -0.3 is 4.84 Å². The number of hydroxylamine groups is 1. The van der Waals surface area contributed by atoms with E-state index < -0.39 is 0 Å². The molecule has 17 heavy (non-hydrogen) atoms. The monoisotopic (exact) mass is 293 g/mol. The zero-order valence-corrected chi connectivity index (χ0v) is 11.3. The van der Waals surface area contributed by atoms with Crippen molar-refractivity contribution in [1.29, 1.82) is 0 Å². The largest absolute Gasteiger partial charge is 0.369 e. The average Bonchev–Trinajstić information content (AvgIpc) is 2.39. The van der Waals surface area contributed by atoms with Gasteiger partial charge in [-0.1, -0.05) is 37.5 Å². The van der Waals surface area contributed by atoms with Crippen LogP contribution in [0.25, 0.3) is 5.57 Å². The molecule has 1 saturated carbocycles. The third-order valence-electron chi connectivity index (χ3n) is 3.67. The molecular weight excluding hydrogens is 278 g/mol. The van der Waals surface area contributed by atoms with Gasteiger partial charge >= 0.3 is 0 Å². The molecule has 0 radical (unpaired) electrons. The highest BCUT2D eigenvalue weighted by atomic mass is 79.9. The second kappa shape index (κ2) is 4.73. The molecule has 0 bridgehead atoms. The molecule has 0 unspecified atom stereocenters. The Morgan fingerprint density at radius 1 is 1.12 bits per heavy atom. The minimum Gasteiger partial charge on any atom is -0.369 e. The zero-order valence-electron chi connectivity index (χ0n) is 9.73. The summed E-state index contributed by atoms with van der Waals surface area (Å²) in [7, 11) is 0. The van der Waals surface area contributed by atoms with Crippen LogP contribution in [0, 0.1) is 5.92 Å². The Morgan fingerprint density at radius 2 is 1.88 bits per heavy atom. The molecule has 90 valence electrons. The van der Waals surface area contributed by atoms with Crippen molar-refractivity contribution in [2.75, 3.05) is 0 Å². The number of halogens is 1. The fourth-order valence-corrected chi connectivity index (χ4v) is 3.20. The Labute approximate surface area is 111 Å². The van der Waals surface area contributed by atoms with E-state index in [1.54, 1.807) is 4.09 Å². The molecule has 1 aromatic carbocycles. The van der Waals surface area contributed by atoms with Gasteiger partial charge in [-0.2, -0.15) is 0 Å². The van der Waals surface area contributed by atoms with Crippen LogP contribution >= 0.6 is 16.1 Å². The van der Waals surface area contributed by atoms with Gasteiger partial charge in [-0.25, -0.2) is 0 Å². The SMILES string of the molecule is BrN1C=C(C2CCCCC2)c2ccccc2O1. The van der Waals surface area contributed by atoms with Crippen molar-refractivity contribution in [2.24, 2.45) is 5.92 Å². The van der Waals surface area contributed by atoms with Crippen LogP contribution in [0.5, 0.6) is 5.75 Å². The molecule has 0 spiro atoms. The normalized spacial score (nSPS) is 20.5. The van der Waals surface area contributed by atoms with Gasteiger partial charge in [0.15, 0.2) is 5.75 Å². The van der Waals surface area contributed by atoms with E-state index >= 15 is 0 Å². The van der Waals surface area contributed by atoms with Gasteiger partial charge in [0.1, 0.15) is 0 Å². The lowest BCUT2D eigenvalue weighted by Crippen LogP contribution is -2.19. The Kier molecular flexibility index (Phi) is 3.10. The van der Waals surface area contributed by atoms with E-state index in [4.69, 9.17) is 4.84 Å². The summed E-state index contributed by atoms with van der Waals surface area (Å²) in [6.07, 6.45) is 8.79. The number of para-hydroxylation sites is 1. The highest BCUT2D eigenvalue weighted by Gasteiger charge is 2.25. The molecule has 2 aliphatic rings. The fraction of sp³-hybridized carbons (Fsp3) is 0.429. The van der Waals surface area contributed by atoms with E-state index in [0.717, 1.165) is 5.75 Å². The summed E-state index contributed by atoms with van der Waals surface area (Å²) in [5.74, 6) is 1.64. The van der Waals surface area contributed by atoms with Crippen LogP contribution in [-0.4, -0.2) is 4.09 Å². The summed E-state index contributed by atoms with van der Waals surface area (Å²) in [6.45, 7) is 0. The van der Waals surface area contributed by atoms with E-state index in [2.05, 4.69) is 34.5 Å². The van der Waals surface area contributed by atoms with E-state index in [9.17, 15) is 0 Å². The lowest BCUT2D eigenvalue weighted by atomic mass is 9.81. The molecule has 0 N–H and O–H groups in total. The topological polar surface area (TPSA) is 12.5 Å². The minimum absolute atomic E-state index is 0.689. The molecule has 1 fully saturated rings. The molecule has 1 aromatic rings. The maximum absolute atomic E-state index is 5.63. The number of nitrogens with zero attached hydrogens (tertiary/aromatic N) is 1. The highest BCUT2D eigenvalue weighted by molar-refractivity contribution is 9.07. The second-order valence-corrected chi connectivity index (χ2v) is 5.48. The van der Waals surface area contributed by atoms with E-state index in [1.807, 2.05) is 12.1 Å². The third-order valence-corrected chi connectivity index (χ3v) is 4.02. The molecule has 1 aliphatic carbocycles. The summed E-state index contributed by atoms with van der Waals surface area (Å²) < 4.78 is 1.65. The predicted octanol–water partition coefficient (Wildman–Crippen LogP) is 4.53. The highest BCUT2D eigenvalue weighted by Crippen LogP contribution is 2.41. The Balaban J connectivity index is 1.96. The first-order valence-corrected chi connectivity index (χ1v) is 6.99. The molecule has 0 atom stereocenters. The maximum atomic E-state index is 5.63. The maximum Gasteiger partial charge on any atom is 0.164 e. The molecule has 2 nitrogen and oxygen atoms in total. The molecule has 3 rings (SSSR count). The van der Waals surface area contributed by atoms with Gasteiger partial charge in [-0.05, 0) is 30.4 Å². The lowest BCUT2D eigenvalue weighted by Gasteiger charge is -2.30. The summed E-state index contributed by atoms with van der Waals surface area (Å²) in [6, 6.07) is 8.29. The van der Waals surface area contributed by atoms with Crippen molar-refractivity contribution in [3.05, 3.63) is 36.0 Å². The number of hydrogen-bond acceptors (Lipinski definition) is 2. The van der Waals surface area contributed by atoms with E-state index in [-0.39, 0.29) is 0 Å². The first-order chi connectivity index (χ1) is 8.34. The van der Waals surface area contributed by atoms with Gasteiger partial charge in [-0.15, -0.1) is 4.09 Å². The summed E-state index contributed by atoms with van der Waals surface area (Å²) in [5, 5.41) is 0. The number of benzene rings is 1. The fourth-order valence-electron chi connectivity index (χ4n) is 2.82. The van der Waals surface area contributed by atoms with Crippen LogP contribution in [0.4, 0.5) is 0 Å². The molecule has 0 amide bonds. The number of rotatable bonds is 1. The van der Waals surface area contributed by atoms with Crippen LogP contribution in [0.1, 0.15) is 37.7 Å². The third kappa shape index (κ3) is 2.21. The quantitative estimate of drug-likeness (QED) is 0.706. The smallest absolute Gasteiger partial charge is 0.164 e. The molecule has 3 heteroatoms. The van der Waals surface area contributed by atoms with Crippen molar-refractivity contribution in [1.82, 2.24) is 4.09 Å². The Hall–Kier alpha value is -0.960. The molecule has 0 saturated heterocycles. The lowest BCUT2D eigenvalue weighted by molar-refractivity contribution is 0.107. The van der Waals surface area contributed by atoms with Crippen molar-refractivity contribution in [3.8, 4) is 5.75 Å². The van der Waals surface area contributed by atoms with Crippen LogP contribution in [0.2, 0.25) is 0 Å². The van der Waals surface area contributed by atoms with Crippen LogP contribution in [0.15, 0.2) is 30.5 Å². The molecule has 1 aliphatic heterocycles. The molecule has 1 heterocycles. The van der Waals surface area contributed by atoms with Crippen molar-refractivity contribution < 1.29 is 4.84 Å². The van der Waals surface area contributed by atoms with Crippen molar-refractivity contribution in [3.63, 3.8) is 0 Å². The van der Waals surface area contributed by atoms with Crippen molar-refractivity contribution in [2.45, 2.75) is 32.1 Å². The summed E-state index contributed by atoms with van der Waals surface area (Å²) >= 11 is 3.40. The predicted molar refractivity (Wildman–Crippen MR) is 72.4 cm³/mol. The standard InChI is InChI=1S/C14H16BrNO/c15-16-10-13(11-6-2-1-3-7-11)12-8-4-5-9-14(12)17-16/h4-5,8-11H,1-3,6-7H2. The number of hydrogen-bond donors (Lipinski definition) is 0. The first kappa shape index (κ1) is 11.1. The van der Waals surface area contributed by atoms with Gasteiger partial charge in [0.25, 0.3) is 0 Å². The number of fused-ring (bicyclic) bond motifs is 1. The van der Waals surface area contributed by atoms with Crippen LogP contribution < -0.4 is 4.84 Å². The van der Waals surface area contributed by atoms with Crippen LogP contribution in [0.3, 0.4) is 0 Å². The Morgan fingerprint density at radius 3 is 2.71 bits per heavy atom. The molecular formula is C14H16BrNO. The molecule has 0 aromatic heterocycles. The average molecular weight is 294 g/mol. The minimum atomic E-state index is 0.689.